The van der Waals surface area contributed by atoms with Crippen LogP contribution in [0.5, 0.6) is 0 Å². The Morgan fingerprint density at radius 2 is 1.92 bits per heavy atom. The number of aliphatic hydroxyl groups excluding tert-OH is 1. The molecule has 1 N–H and O–H groups in total. The molecule has 4 rings (SSSR count). The zero-order valence-electron chi connectivity index (χ0n) is 15.1. The first-order chi connectivity index (χ1) is 12.2. The summed E-state index contributed by atoms with van der Waals surface area (Å²) in [5, 5.41) is 17.6. The minimum Gasteiger partial charge on any atom is -0.399 e. The van der Waals surface area contributed by atoms with Crippen molar-refractivity contribution in [1.82, 2.24) is 0 Å². The number of oxime groups is 1. The van der Waals surface area contributed by atoms with Crippen molar-refractivity contribution >= 4 is 16.5 Å². The third kappa shape index (κ3) is 2.95. The lowest BCUT2D eigenvalue weighted by atomic mass is 9.66. The quantitative estimate of drug-likeness (QED) is 0.646. The van der Waals surface area contributed by atoms with Crippen molar-refractivity contribution in [3.05, 3.63) is 48.0 Å². The first kappa shape index (κ1) is 16.6. The first-order valence-electron chi connectivity index (χ1n) is 9.48. The normalized spacial score (nSPS) is 32.1. The maximum Gasteiger partial charge on any atom is 0.106 e. The highest BCUT2D eigenvalue weighted by Crippen LogP contribution is 2.53. The van der Waals surface area contributed by atoms with Gasteiger partial charge in [-0.1, -0.05) is 54.5 Å². The predicted molar refractivity (Wildman–Crippen MR) is 102 cm³/mol. The maximum atomic E-state index is 10.6. The van der Waals surface area contributed by atoms with Gasteiger partial charge in [-0.25, -0.2) is 0 Å². The van der Waals surface area contributed by atoms with Gasteiger partial charge in [0.25, 0.3) is 0 Å². The van der Waals surface area contributed by atoms with Crippen molar-refractivity contribution in [3.63, 3.8) is 0 Å². The average Bonchev–Trinajstić information content (AvgIpc) is 2.94. The lowest BCUT2D eigenvalue weighted by molar-refractivity contribution is 0.106. The fraction of sp³-hybridized carbons (Fsp3) is 0.500. The van der Waals surface area contributed by atoms with Crippen molar-refractivity contribution < 1.29 is 9.94 Å². The molecule has 0 heterocycles. The van der Waals surface area contributed by atoms with Gasteiger partial charge < -0.3 is 9.94 Å². The molecule has 3 nitrogen and oxygen atoms in total. The molecular formula is C22H27NO2. The summed E-state index contributed by atoms with van der Waals surface area (Å²) in [5.41, 5.74) is 2.48. The molecular weight excluding hydrogens is 310 g/mol. The second-order valence-corrected chi connectivity index (χ2v) is 7.66. The van der Waals surface area contributed by atoms with Crippen LogP contribution in [0.15, 0.2) is 47.6 Å². The van der Waals surface area contributed by atoms with Gasteiger partial charge >= 0.3 is 0 Å². The Hall–Kier alpha value is -1.87. The van der Waals surface area contributed by atoms with Crippen LogP contribution in [0.1, 0.15) is 44.1 Å². The van der Waals surface area contributed by atoms with Gasteiger partial charge in [0.1, 0.15) is 7.11 Å². The van der Waals surface area contributed by atoms with Crippen LogP contribution < -0.4 is 0 Å². The lowest BCUT2D eigenvalue weighted by Gasteiger charge is -2.38. The van der Waals surface area contributed by atoms with Crippen molar-refractivity contribution in [2.45, 2.75) is 44.6 Å². The van der Waals surface area contributed by atoms with E-state index in [1.807, 2.05) is 0 Å². The van der Waals surface area contributed by atoms with E-state index in [1.54, 1.807) is 7.11 Å². The molecule has 3 heteroatoms. The molecule has 5 atom stereocenters. The molecule has 0 saturated heterocycles. The largest absolute Gasteiger partial charge is 0.399 e. The van der Waals surface area contributed by atoms with Crippen LogP contribution in [0.4, 0.5) is 0 Å². The predicted octanol–water partition coefficient (Wildman–Crippen LogP) is 4.74. The Kier molecular flexibility index (Phi) is 4.51. The molecule has 0 spiro atoms. The summed E-state index contributed by atoms with van der Waals surface area (Å²) in [4.78, 5) is 5.15. The smallest absolute Gasteiger partial charge is 0.106 e. The van der Waals surface area contributed by atoms with Crippen LogP contribution in [0, 0.1) is 17.8 Å². The van der Waals surface area contributed by atoms with Gasteiger partial charge in [-0.05, 0) is 59.8 Å². The minimum atomic E-state index is -0.200. The van der Waals surface area contributed by atoms with E-state index >= 15 is 0 Å². The van der Waals surface area contributed by atoms with E-state index in [-0.39, 0.29) is 12.0 Å². The highest BCUT2D eigenvalue weighted by Gasteiger charge is 2.48. The number of benzene rings is 2. The van der Waals surface area contributed by atoms with Crippen molar-refractivity contribution in [2.75, 3.05) is 7.11 Å². The molecule has 2 aliphatic carbocycles. The summed E-state index contributed by atoms with van der Waals surface area (Å²) in [7, 11) is 1.62. The van der Waals surface area contributed by atoms with E-state index in [0.717, 1.165) is 31.4 Å². The third-order valence-corrected chi connectivity index (χ3v) is 6.31. The van der Waals surface area contributed by atoms with Gasteiger partial charge in [0, 0.05) is 5.92 Å². The number of fused-ring (bicyclic) bond motifs is 3. The van der Waals surface area contributed by atoms with Crippen LogP contribution in [0.3, 0.4) is 0 Å². The fourth-order valence-electron chi connectivity index (χ4n) is 5.28. The number of aliphatic hydroxyl groups is 1. The van der Waals surface area contributed by atoms with Gasteiger partial charge in [0.2, 0.25) is 0 Å². The molecule has 2 aromatic rings. The number of rotatable bonds is 4. The van der Waals surface area contributed by atoms with Crippen LogP contribution in [0.25, 0.3) is 10.8 Å². The molecule has 2 bridgehead atoms. The second kappa shape index (κ2) is 6.80. The molecule has 2 aliphatic rings. The Labute approximate surface area is 149 Å². The van der Waals surface area contributed by atoms with Gasteiger partial charge in [-0.2, -0.15) is 0 Å². The van der Waals surface area contributed by atoms with Crippen molar-refractivity contribution in [3.8, 4) is 0 Å². The van der Waals surface area contributed by atoms with Crippen LogP contribution >= 0.6 is 0 Å². The molecule has 0 aliphatic heterocycles. The zero-order chi connectivity index (χ0) is 17.4. The van der Waals surface area contributed by atoms with Gasteiger partial charge in [0.05, 0.1) is 11.8 Å². The number of hydrogen-bond donors (Lipinski definition) is 1. The first-order valence-corrected chi connectivity index (χ1v) is 9.48. The highest BCUT2D eigenvalue weighted by atomic mass is 16.6. The molecule has 0 aromatic heterocycles. The number of hydrogen-bond acceptors (Lipinski definition) is 3. The van der Waals surface area contributed by atoms with Gasteiger partial charge in [-0.15, -0.1) is 0 Å². The number of nitrogens with zero attached hydrogens (tertiary/aromatic N) is 1. The molecule has 0 radical (unpaired) electrons. The SMILES string of the molecule is CCC(=NOC)[C@H]1[C@H](c2ccc3ccccc3c2)CC2CC(O)[C@@H]1C2. The van der Waals surface area contributed by atoms with E-state index < -0.39 is 0 Å². The average molecular weight is 337 g/mol. The maximum absolute atomic E-state index is 10.6. The monoisotopic (exact) mass is 337 g/mol. The summed E-state index contributed by atoms with van der Waals surface area (Å²) in [6.07, 6.45) is 3.87. The summed E-state index contributed by atoms with van der Waals surface area (Å²) in [6, 6.07) is 15.4. The molecule has 2 saturated carbocycles. The van der Waals surface area contributed by atoms with Gasteiger partial charge in [-0.3, -0.25) is 0 Å². The van der Waals surface area contributed by atoms with Crippen LogP contribution in [-0.2, 0) is 4.84 Å². The van der Waals surface area contributed by atoms with E-state index in [0.29, 0.717) is 17.8 Å². The third-order valence-electron chi connectivity index (χ3n) is 6.31. The summed E-state index contributed by atoms with van der Waals surface area (Å²) >= 11 is 0. The van der Waals surface area contributed by atoms with E-state index in [2.05, 4.69) is 54.5 Å². The summed E-state index contributed by atoms with van der Waals surface area (Å²) < 4.78 is 0. The lowest BCUT2D eigenvalue weighted by Crippen LogP contribution is -2.36. The minimum absolute atomic E-state index is 0.200. The summed E-state index contributed by atoms with van der Waals surface area (Å²) in [5.74, 6) is 1.64. The molecule has 2 aromatic carbocycles. The highest BCUT2D eigenvalue weighted by molar-refractivity contribution is 5.88. The van der Waals surface area contributed by atoms with Crippen LogP contribution in [-0.4, -0.2) is 24.0 Å². The molecule has 132 valence electrons. The molecule has 0 amide bonds. The van der Waals surface area contributed by atoms with E-state index in [4.69, 9.17) is 4.84 Å². The standard InChI is InChI=1S/C22H27NO2/c1-3-20(23-25-2)22-18(10-14-11-19(22)21(24)12-14)17-9-8-15-6-4-5-7-16(15)13-17/h4-9,13-14,18-19,21-22,24H,3,10-12H2,1-2H3/t14?,18-,19-,21?,22-/m0/s1. The Bertz CT molecular complexity index is 784. The van der Waals surface area contributed by atoms with Crippen molar-refractivity contribution in [2.24, 2.45) is 22.9 Å². The fourth-order valence-corrected chi connectivity index (χ4v) is 5.28. The Morgan fingerprint density at radius 1 is 1.12 bits per heavy atom. The Morgan fingerprint density at radius 3 is 2.68 bits per heavy atom. The second-order valence-electron chi connectivity index (χ2n) is 7.66. The van der Waals surface area contributed by atoms with Gasteiger partial charge in [0.15, 0.2) is 0 Å². The molecule has 2 fully saturated rings. The topological polar surface area (TPSA) is 41.8 Å². The molecule has 25 heavy (non-hydrogen) atoms. The molecule has 2 unspecified atom stereocenters. The van der Waals surface area contributed by atoms with Crippen LogP contribution in [0.2, 0.25) is 0 Å². The summed E-state index contributed by atoms with van der Waals surface area (Å²) in [6.45, 7) is 2.14. The van der Waals surface area contributed by atoms with E-state index in [9.17, 15) is 5.11 Å². The van der Waals surface area contributed by atoms with E-state index in [1.165, 1.54) is 16.3 Å². The zero-order valence-corrected chi connectivity index (χ0v) is 15.1. The Balaban J connectivity index is 1.77. The van der Waals surface area contributed by atoms with Crippen molar-refractivity contribution in [1.29, 1.82) is 0 Å².